The molecule has 0 spiro atoms. The fourth-order valence-corrected chi connectivity index (χ4v) is 4.78. The predicted molar refractivity (Wildman–Crippen MR) is 133 cm³/mol. The highest BCUT2D eigenvalue weighted by Gasteiger charge is 2.31. The second kappa shape index (κ2) is 11.4. The number of hydrogen-bond donors (Lipinski definition) is 3. The number of aliphatic hydroxyl groups excluding tert-OH is 1. The molecule has 0 unspecified atom stereocenters. The van der Waals surface area contributed by atoms with E-state index in [-0.39, 0.29) is 24.8 Å². The number of fused-ring (bicyclic) bond motifs is 2. The van der Waals surface area contributed by atoms with Gasteiger partial charge in [0.05, 0.1) is 23.3 Å². The van der Waals surface area contributed by atoms with Gasteiger partial charge >= 0.3 is 5.97 Å². The minimum absolute atomic E-state index is 0.00225. The highest BCUT2D eigenvalue weighted by atomic mass is 19.1. The SMILES string of the molecule is CN.Cc1c(F)cc2nc3c(c4c2c1CCC4)CN(C)/C3=C\C1=C(C=O)COC(=O)C1.NC(=O)CO. The van der Waals surface area contributed by atoms with Crippen molar-refractivity contribution in [1.29, 1.82) is 0 Å². The van der Waals surface area contributed by atoms with Gasteiger partial charge in [-0.25, -0.2) is 9.37 Å². The Balaban J connectivity index is 0.000000463. The number of rotatable bonds is 3. The van der Waals surface area contributed by atoms with Crippen molar-refractivity contribution in [2.45, 2.75) is 39.2 Å². The summed E-state index contributed by atoms with van der Waals surface area (Å²) in [5.74, 6) is -1.25. The molecule has 1 amide bonds. The zero-order chi connectivity index (χ0) is 26.6. The zero-order valence-corrected chi connectivity index (χ0v) is 20.7. The van der Waals surface area contributed by atoms with Gasteiger partial charge in [0, 0.05) is 36.2 Å². The van der Waals surface area contributed by atoms with E-state index >= 15 is 0 Å². The van der Waals surface area contributed by atoms with Crippen molar-refractivity contribution in [3.63, 3.8) is 0 Å². The Bertz CT molecular complexity index is 1290. The molecule has 0 atom stereocenters. The number of allylic oxidation sites excluding steroid dienone is 1. The minimum atomic E-state index is -0.690. The molecule has 5 rings (SSSR count). The molecule has 0 bridgehead atoms. The summed E-state index contributed by atoms with van der Waals surface area (Å²) in [7, 11) is 3.47. The van der Waals surface area contributed by atoms with Gasteiger partial charge in [-0.2, -0.15) is 0 Å². The van der Waals surface area contributed by atoms with Gasteiger partial charge in [-0.1, -0.05) is 0 Å². The topological polar surface area (TPSA) is 149 Å². The quantitative estimate of drug-likeness (QED) is 0.425. The number of aryl methyl sites for hydroxylation is 2. The van der Waals surface area contributed by atoms with Crippen LogP contribution in [0.2, 0.25) is 0 Å². The van der Waals surface area contributed by atoms with Gasteiger partial charge in [-0.3, -0.25) is 14.4 Å². The number of pyridine rings is 1. The molecule has 3 heterocycles. The van der Waals surface area contributed by atoms with Gasteiger partial charge in [0.2, 0.25) is 5.91 Å². The van der Waals surface area contributed by atoms with Crippen LogP contribution in [-0.4, -0.2) is 60.5 Å². The number of hydrogen-bond acceptors (Lipinski definition) is 8. The van der Waals surface area contributed by atoms with Crippen LogP contribution in [0.15, 0.2) is 23.3 Å². The van der Waals surface area contributed by atoms with E-state index in [2.05, 4.69) is 16.4 Å². The Morgan fingerprint density at radius 1 is 1.25 bits per heavy atom. The molecule has 2 aliphatic heterocycles. The molecule has 5 N–H and O–H groups in total. The highest BCUT2D eigenvalue weighted by Crippen LogP contribution is 2.41. The number of carbonyl (C=O) groups excluding carboxylic acids is 3. The smallest absolute Gasteiger partial charge is 0.310 e. The number of nitrogens with zero attached hydrogens (tertiary/aromatic N) is 2. The summed E-state index contributed by atoms with van der Waals surface area (Å²) >= 11 is 0. The molecule has 0 fully saturated rings. The van der Waals surface area contributed by atoms with Crippen molar-refractivity contribution in [1.82, 2.24) is 9.88 Å². The first-order valence-corrected chi connectivity index (χ1v) is 11.6. The first-order chi connectivity index (χ1) is 17.2. The van der Waals surface area contributed by atoms with Gasteiger partial charge < -0.3 is 26.2 Å². The highest BCUT2D eigenvalue weighted by molar-refractivity contribution is 5.92. The second-order valence-electron chi connectivity index (χ2n) is 8.64. The van der Waals surface area contributed by atoms with E-state index in [0.29, 0.717) is 23.2 Å². The second-order valence-corrected chi connectivity index (χ2v) is 8.64. The van der Waals surface area contributed by atoms with Gasteiger partial charge in [-0.05, 0) is 61.6 Å². The first kappa shape index (κ1) is 27.0. The normalized spacial score (nSPS) is 17.1. The van der Waals surface area contributed by atoms with E-state index in [9.17, 15) is 18.8 Å². The van der Waals surface area contributed by atoms with Crippen LogP contribution in [0.4, 0.5) is 4.39 Å². The number of cyclic esters (lactones) is 1. The van der Waals surface area contributed by atoms with Gasteiger partial charge in [0.15, 0.2) is 0 Å². The number of carbonyl (C=O) groups is 3. The standard InChI is InChI=1S/C23H21FN2O3.C2H5NO2.CH5N/c1-12-15-4-3-5-16-17-9-26(2)20(6-13-7-21(28)29-11-14(13)10-27)23(17)25-19(22(15)16)8-18(12)24;3-2(5)1-4;1-2/h6,8,10H,3-5,7,9,11H2,1-2H3;4H,1H2,(H2,3,5);2H2,1H3/b20-6-;;. The number of nitrogens with two attached hydrogens (primary N) is 2. The Hall–Kier alpha value is -3.63. The van der Waals surface area contributed by atoms with E-state index in [1.165, 1.54) is 24.2 Å². The van der Waals surface area contributed by atoms with Crippen molar-refractivity contribution >= 4 is 34.8 Å². The van der Waals surface area contributed by atoms with Crippen LogP contribution in [0, 0.1) is 12.7 Å². The molecule has 10 heteroatoms. The maximum Gasteiger partial charge on any atom is 0.310 e. The number of amides is 1. The number of ether oxygens (including phenoxy) is 1. The third-order valence-electron chi connectivity index (χ3n) is 6.46. The summed E-state index contributed by atoms with van der Waals surface area (Å²) in [6, 6.07) is 1.54. The fourth-order valence-electron chi connectivity index (χ4n) is 4.78. The summed E-state index contributed by atoms with van der Waals surface area (Å²) in [6.45, 7) is 2.01. The van der Waals surface area contributed by atoms with Crippen LogP contribution in [0.5, 0.6) is 0 Å². The molecule has 2 aromatic rings. The molecule has 1 aliphatic carbocycles. The average Bonchev–Trinajstić information content (AvgIpc) is 3.19. The number of primary amides is 1. The maximum absolute atomic E-state index is 14.5. The monoisotopic (exact) mass is 498 g/mol. The summed E-state index contributed by atoms with van der Waals surface area (Å²) in [5, 5.41) is 8.78. The number of aliphatic hydroxyl groups is 1. The molecule has 0 saturated carbocycles. The maximum atomic E-state index is 14.5. The molecule has 0 saturated heterocycles. The van der Waals surface area contributed by atoms with Crippen molar-refractivity contribution in [3.05, 3.63) is 57.1 Å². The molecular formula is C26H31FN4O5. The molecule has 36 heavy (non-hydrogen) atoms. The molecular weight excluding hydrogens is 467 g/mol. The van der Waals surface area contributed by atoms with Gasteiger partial charge in [-0.15, -0.1) is 0 Å². The number of esters is 1. The van der Waals surface area contributed by atoms with Crippen molar-refractivity contribution in [2.24, 2.45) is 11.5 Å². The minimum Gasteiger partial charge on any atom is -0.460 e. The van der Waals surface area contributed by atoms with E-state index in [1.54, 1.807) is 0 Å². The molecule has 1 aromatic heterocycles. The Morgan fingerprint density at radius 2 is 1.92 bits per heavy atom. The summed E-state index contributed by atoms with van der Waals surface area (Å²) < 4.78 is 19.5. The van der Waals surface area contributed by atoms with Crippen molar-refractivity contribution in [2.75, 3.05) is 27.3 Å². The van der Waals surface area contributed by atoms with E-state index < -0.39 is 12.5 Å². The third kappa shape index (κ3) is 5.14. The molecule has 9 nitrogen and oxygen atoms in total. The van der Waals surface area contributed by atoms with E-state index in [1.807, 2.05) is 20.0 Å². The van der Waals surface area contributed by atoms with Crippen LogP contribution in [0.1, 0.15) is 40.8 Å². The van der Waals surface area contributed by atoms with E-state index in [4.69, 9.17) is 14.8 Å². The third-order valence-corrected chi connectivity index (χ3v) is 6.46. The van der Waals surface area contributed by atoms with Crippen LogP contribution in [0.3, 0.4) is 0 Å². The lowest BCUT2D eigenvalue weighted by molar-refractivity contribution is -0.142. The number of benzene rings is 1. The number of aldehydes is 1. The Labute approximate surface area is 208 Å². The largest absolute Gasteiger partial charge is 0.460 e. The van der Waals surface area contributed by atoms with Gasteiger partial charge in [0.1, 0.15) is 25.3 Å². The van der Waals surface area contributed by atoms with Crippen LogP contribution >= 0.6 is 0 Å². The molecule has 3 aliphatic rings. The fraction of sp³-hybridized carbons (Fsp3) is 0.385. The lowest BCUT2D eigenvalue weighted by atomic mass is 9.85. The number of aromatic nitrogens is 1. The van der Waals surface area contributed by atoms with Crippen molar-refractivity contribution in [3.8, 4) is 0 Å². The summed E-state index contributed by atoms with van der Waals surface area (Å²) in [5.41, 5.74) is 16.6. The first-order valence-electron chi connectivity index (χ1n) is 11.6. The molecule has 192 valence electrons. The molecule has 0 radical (unpaired) electrons. The van der Waals surface area contributed by atoms with Crippen LogP contribution in [-0.2, 0) is 38.5 Å². The Kier molecular flexibility index (Phi) is 8.54. The van der Waals surface area contributed by atoms with Crippen LogP contribution in [0.25, 0.3) is 16.6 Å². The Morgan fingerprint density at radius 3 is 2.56 bits per heavy atom. The van der Waals surface area contributed by atoms with Crippen molar-refractivity contribution < 1.29 is 28.6 Å². The zero-order valence-electron chi connectivity index (χ0n) is 20.7. The average molecular weight is 499 g/mol. The lowest BCUT2D eigenvalue weighted by Gasteiger charge is -2.21. The summed E-state index contributed by atoms with van der Waals surface area (Å²) in [4.78, 5) is 39.4. The van der Waals surface area contributed by atoms with Crippen LogP contribution < -0.4 is 11.5 Å². The summed E-state index contributed by atoms with van der Waals surface area (Å²) in [6.07, 6.45) is 5.52. The van der Waals surface area contributed by atoms with Gasteiger partial charge in [0.25, 0.3) is 0 Å². The lowest BCUT2D eigenvalue weighted by Crippen LogP contribution is -2.17. The molecule has 1 aromatic carbocycles. The van der Waals surface area contributed by atoms with E-state index in [0.717, 1.165) is 53.5 Å². The predicted octanol–water partition coefficient (Wildman–Crippen LogP) is 1.44. The number of halogens is 1.